The predicted molar refractivity (Wildman–Crippen MR) is 81.7 cm³/mol. The lowest BCUT2D eigenvalue weighted by Crippen LogP contribution is -2.32. The minimum Gasteiger partial charge on any atom is -0.360 e. The van der Waals surface area contributed by atoms with Crippen molar-refractivity contribution in [2.45, 2.75) is 25.6 Å². The summed E-state index contributed by atoms with van der Waals surface area (Å²) in [7, 11) is -3.66. The van der Waals surface area contributed by atoms with Gasteiger partial charge in [-0.2, -0.15) is 0 Å². The van der Waals surface area contributed by atoms with Gasteiger partial charge in [-0.1, -0.05) is 17.3 Å². The first-order valence-corrected chi connectivity index (χ1v) is 8.75. The van der Waals surface area contributed by atoms with Gasteiger partial charge < -0.3 is 9.84 Å². The summed E-state index contributed by atoms with van der Waals surface area (Å²) < 4.78 is 41.7. The molecule has 0 saturated heterocycles. The summed E-state index contributed by atoms with van der Waals surface area (Å²) in [6, 6.07) is 6.71. The predicted octanol–water partition coefficient (Wildman–Crippen LogP) is 1.91. The molecule has 1 heterocycles. The van der Waals surface area contributed by atoms with E-state index in [0.29, 0.717) is 11.3 Å². The Balaban J connectivity index is 1.94. The van der Waals surface area contributed by atoms with Crippen molar-refractivity contribution in [3.8, 4) is 0 Å². The first-order valence-electron chi connectivity index (χ1n) is 6.92. The average Bonchev–Trinajstić information content (AvgIpc) is 2.82. The van der Waals surface area contributed by atoms with Gasteiger partial charge in [0.25, 0.3) is 0 Å². The summed E-state index contributed by atoms with van der Waals surface area (Å²) in [5.41, 5.74) is 1.26. The Morgan fingerprint density at radius 2 is 2.00 bits per heavy atom. The summed E-state index contributed by atoms with van der Waals surface area (Å²) in [6.45, 7) is 3.37. The summed E-state index contributed by atoms with van der Waals surface area (Å²) >= 11 is 0. The number of rotatable bonds is 6. The van der Waals surface area contributed by atoms with E-state index in [1.807, 2.05) is 0 Å². The van der Waals surface area contributed by atoms with Gasteiger partial charge in [0.1, 0.15) is 17.3 Å². The molecule has 8 heteroatoms. The van der Waals surface area contributed by atoms with Gasteiger partial charge in [0, 0.05) is 6.07 Å². The highest BCUT2D eigenvalue weighted by molar-refractivity contribution is 7.91. The average molecular weight is 340 g/mol. The molecule has 1 amide bonds. The number of carbonyl (C=O) groups is 1. The molecule has 1 atom stereocenters. The smallest absolute Gasteiger partial charge is 0.235 e. The van der Waals surface area contributed by atoms with Crippen LogP contribution in [-0.4, -0.2) is 25.2 Å². The number of benzene rings is 1. The highest BCUT2D eigenvalue weighted by Crippen LogP contribution is 2.13. The van der Waals surface area contributed by atoms with E-state index in [-0.39, 0.29) is 17.3 Å². The summed E-state index contributed by atoms with van der Waals surface area (Å²) in [5.74, 6) is -1.85. The number of nitrogens with zero attached hydrogens (tertiary/aromatic N) is 1. The number of halogens is 1. The Labute approximate surface area is 133 Å². The van der Waals surface area contributed by atoms with Crippen LogP contribution in [0.1, 0.15) is 30.0 Å². The maximum absolute atomic E-state index is 12.9. The van der Waals surface area contributed by atoms with Gasteiger partial charge in [0.15, 0.2) is 15.6 Å². The number of aryl methyl sites for hydroxylation is 1. The Hall–Kier alpha value is -2.22. The second-order valence-corrected chi connectivity index (χ2v) is 7.37. The number of aromatic nitrogens is 1. The monoisotopic (exact) mass is 340 g/mol. The third-order valence-electron chi connectivity index (χ3n) is 3.14. The lowest BCUT2D eigenvalue weighted by atomic mass is 10.1. The van der Waals surface area contributed by atoms with E-state index in [1.54, 1.807) is 13.8 Å². The molecule has 0 fully saturated rings. The molecular weight excluding hydrogens is 323 g/mol. The molecule has 0 unspecified atom stereocenters. The molecule has 0 radical (unpaired) electrons. The van der Waals surface area contributed by atoms with Gasteiger partial charge in [-0.3, -0.25) is 4.79 Å². The minimum absolute atomic E-state index is 0.196. The lowest BCUT2D eigenvalue weighted by molar-refractivity contribution is -0.119. The molecule has 124 valence electrons. The van der Waals surface area contributed by atoms with Gasteiger partial charge in [-0.25, -0.2) is 12.8 Å². The van der Waals surface area contributed by atoms with Crippen LogP contribution in [0.4, 0.5) is 4.39 Å². The Morgan fingerprint density at radius 1 is 1.35 bits per heavy atom. The summed E-state index contributed by atoms with van der Waals surface area (Å²) in [5, 5.41) is 6.18. The molecule has 6 nitrogen and oxygen atoms in total. The third kappa shape index (κ3) is 5.17. The van der Waals surface area contributed by atoms with Crippen molar-refractivity contribution in [2.75, 3.05) is 5.75 Å². The SMILES string of the molecule is Cc1cc(CS(=O)(=O)CC(=O)N[C@@H](C)c2ccc(F)cc2)on1. The van der Waals surface area contributed by atoms with Crippen molar-refractivity contribution >= 4 is 15.7 Å². The molecule has 0 spiro atoms. The van der Waals surface area contributed by atoms with E-state index in [0.717, 1.165) is 0 Å². The van der Waals surface area contributed by atoms with Gasteiger partial charge in [-0.05, 0) is 31.5 Å². The fourth-order valence-corrected chi connectivity index (χ4v) is 3.22. The number of carbonyl (C=O) groups excluding carboxylic acids is 1. The zero-order chi connectivity index (χ0) is 17.0. The van der Waals surface area contributed by atoms with E-state index >= 15 is 0 Å². The van der Waals surface area contributed by atoms with Gasteiger partial charge >= 0.3 is 0 Å². The third-order valence-corrected chi connectivity index (χ3v) is 4.56. The molecule has 1 N–H and O–H groups in total. The highest BCUT2D eigenvalue weighted by atomic mass is 32.2. The van der Waals surface area contributed by atoms with E-state index in [1.165, 1.54) is 30.3 Å². The molecular formula is C15H17FN2O4S. The van der Waals surface area contributed by atoms with Crippen LogP contribution in [0.2, 0.25) is 0 Å². The van der Waals surface area contributed by atoms with Crippen LogP contribution in [0.15, 0.2) is 34.9 Å². The Morgan fingerprint density at radius 3 is 2.57 bits per heavy atom. The molecule has 0 saturated carbocycles. The Kier molecular flexibility index (Phi) is 5.15. The van der Waals surface area contributed by atoms with Crippen molar-refractivity contribution in [1.82, 2.24) is 10.5 Å². The van der Waals surface area contributed by atoms with Crippen molar-refractivity contribution in [1.29, 1.82) is 0 Å². The van der Waals surface area contributed by atoms with Crippen molar-refractivity contribution in [3.05, 3.63) is 53.2 Å². The van der Waals surface area contributed by atoms with Crippen LogP contribution >= 0.6 is 0 Å². The number of sulfone groups is 1. The molecule has 1 aromatic heterocycles. The topological polar surface area (TPSA) is 89.3 Å². The van der Waals surface area contributed by atoms with E-state index in [4.69, 9.17) is 4.52 Å². The number of hydrogen-bond donors (Lipinski definition) is 1. The summed E-state index contributed by atoms with van der Waals surface area (Å²) in [4.78, 5) is 11.9. The van der Waals surface area contributed by atoms with Crippen LogP contribution in [0.3, 0.4) is 0 Å². The van der Waals surface area contributed by atoms with Gasteiger partial charge in [0.05, 0.1) is 11.7 Å². The van der Waals surface area contributed by atoms with Crippen molar-refractivity contribution in [2.24, 2.45) is 0 Å². The molecule has 2 aromatic rings. The molecule has 2 rings (SSSR count). The summed E-state index contributed by atoms with van der Waals surface area (Å²) in [6.07, 6.45) is 0. The normalized spacial score (nSPS) is 12.8. The molecule has 0 aliphatic carbocycles. The molecule has 0 bridgehead atoms. The Bertz CT molecular complexity index is 784. The van der Waals surface area contributed by atoms with Crippen LogP contribution in [0.5, 0.6) is 0 Å². The molecule has 1 aromatic carbocycles. The van der Waals surface area contributed by atoms with Crippen LogP contribution < -0.4 is 5.32 Å². The largest absolute Gasteiger partial charge is 0.360 e. The van der Waals surface area contributed by atoms with E-state index in [9.17, 15) is 17.6 Å². The highest BCUT2D eigenvalue weighted by Gasteiger charge is 2.21. The van der Waals surface area contributed by atoms with Crippen LogP contribution in [-0.2, 0) is 20.4 Å². The van der Waals surface area contributed by atoms with E-state index in [2.05, 4.69) is 10.5 Å². The maximum Gasteiger partial charge on any atom is 0.235 e. The quantitative estimate of drug-likeness (QED) is 0.868. The van der Waals surface area contributed by atoms with E-state index < -0.39 is 27.5 Å². The van der Waals surface area contributed by atoms with Crippen LogP contribution in [0, 0.1) is 12.7 Å². The zero-order valence-corrected chi connectivity index (χ0v) is 13.6. The minimum atomic E-state index is -3.66. The molecule has 0 aliphatic rings. The maximum atomic E-state index is 12.9. The standard InChI is InChI=1S/C15H17FN2O4S/c1-10-7-14(22-18-10)8-23(20,21)9-15(19)17-11(2)12-3-5-13(16)6-4-12/h3-7,11H,8-9H2,1-2H3,(H,17,19)/t11-/m0/s1. The second-order valence-electron chi connectivity index (χ2n) is 5.31. The molecule has 23 heavy (non-hydrogen) atoms. The van der Waals surface area contributed by atoms with Crippen molar-refractivity contribution in [3.63, 3.8) is 0 Å². The number of hydrogen-bond acceptors (Lipinski definition) is 5. The van der Waals surface area contributed by atoms with Crippen LogP contribution in [0.25, 0.3) is 0 Å². The van der Waals surface area contributed by atoms with Gasteiger partial charge in [0.2, 0.25) is 5.91 Å². The fraction of sp³-hybridized carbons (Fsp3) is 0.333. The first kappa shape index (κ1) is 17.1. The molecule has 0 aliphatic heterocycles. The zero-order valence-electron chi connectivity index (χ0n) is 12.7. The lowest BCUT2D eigenvalue weighted by Gasteiger charge is -2.14. The number of nitrogens with one attached hydrogen (secondary N) is 1. The number of amides is 1. The van der Waals surface area contributed by atoms with Gasteiger partial charge in [-0.15, -0.1) is 0 Å². The van der Waals surface area contributed by atoms with Crippen molar-refractivity contribution < 1.29 is 22.1 Å². The fourth-order valence-electron chi connectivity index (χ4n) is 2.07. The second kappa shape index (κ2) is 6.91. The first-order chi connectivity index (χ1) is 10.7.